The Morgan fingerprint density at radius 2 is 2.21 bits per heavy atom. The number of hydrogen-bond acceptors (Lipinski definition) is 7. The molecule has 1 aromatic heterocycles. The zero-order chi connectivity index (χ0) is 20.1. The van der Waals surface area contributed by atoms with Crippen LogP contribution in [0.3, 0.4) is 0 Å². The second kappa shape index (κ2) is 9.32. The molecule has 1 saturated heterocycles. The van der Waals surface area contributed by atoms with E-state index in [0.29, 0.717) is 24.7 Å². The average Bonchev–Trinajstić information content (AvgIpc) is 2.87. The van der Waals surface area contributed by atoms with Gasteiger partial charge in [-0.25, -0.2) is 4.98 Å². The number of nitrogens with two attached hydrogens (primary N) is 1. The van der Waals surface area contributed by atoms with Crippen molar-refractivity contribution in [3.05, 3.63) is 46.1 Å². The van der Waals surface area contributed by atoms with Crippen LogP contribution in [0.4, 0.5) is 11.8 Å². The lowest BCUT2D eigenvalue weighted by molar-refractivity contribution is -0.121. The van der Waals surface area contributed by atoms with E-state index < -0.39 is 0 Å². The van der Waals surface area contributed by atoms with Gasteiger partial charge in [0.1, 0.15) is 12.4 Å². The van der Waals surface area contributed by atoms with Gasteiger partial charge >= 0.3 is 0 Å². The van der Waals surface area contributed by atoms with Crippen molar-refractivity contribution in [3.8, 4) is 0 Å². The van der Waals surface area contributed by atoms with Gasteiger partial charge in [0.25, 0.3) is 0 Å². The predicted molar refractivity (Wildman–Crippen MR) is 109 cm³/mol. The molecule has 1 unspecified atom stereocenters. The summed E-state index contributed by atoms with van der Waals surface area (Å²) in [6.45, 7) is 3.92. The molecule has 0 radical (unpaired) electrons. The fourth-order valence-electron chi connectivity index (χ4n) is 3.42. The molecule has 2 heterocycles. The molecule has 3 rings (SSSR count). The van der Waals surface area contributed by atoms with Crippen molar-refractivity contribution >= 4 is 29.2 Å². The van der Waals surface area contributed by atoms with E-state index in [0.717, 1.165) is 35.6 Å². The van der Waals surface area contributed by atoms with Gasteiger partial charge in [0, 0.05) is 43.5 Å². The number of methoxy groups -OCH3 is 1. The molecular weight excluding hydrogens is 380 g/mol. The number of anilines is 2. The van der Waals surface area contributed by atoms with Crippen molar-refractivity contribution in [2.75, 3.05) is 44.1 Å². The number of benzene rings is 1. The number of hydrogen-bond donors (Lipinski definition) is 1. The van der Waals surface area contributed by atoms with Crippen LogP contribution in [0, 0.1) is 6.92 Å². The molecule has 150 valence electrons. The summed E-state index contributed by atoms with van der Waals surface area (Å²) in [5.41, 5.74) is 8.46. The highest BCUT2D eigenvalue weighted by Crippen LogP contribution is 2.33. The van der Waals surface area contributed by atoms with Crippen molar-refractivity contribution in [1.82, 2.24) is 9.97 Å². The highest BCUT2D eigenvalue weighted by atomic mass is 35.5. The molecule has 0 aliphatic carbocycles. The van der Waals surface area contributed by atoms with Crippen LogP contribution in [0.25, 0.3) is 0 Å². The number of rotatable bonds is 6. The number of ketones is 1. The van der Waals surface area contributed by atoms with Crippen LogP contribution in [0.1, 0.15) is 29.3 Å². The Kier molecular flexibility index (Phi) is 6.83. The molecule has 1 atom stereocenters. The maximum Gasteiger partial charge on any atom is 0.222 e. The maximum absolute atomic E-state index is 11.8. The summed E-state index contributed by atoms with van der Waals surface area (Å²) in [4.78, 5) is 22.6. The van der Waals surface area contributed by atoms with Crippen LogP contribution in [0.15, 0.2) is 24.3 Å². The van der Waals surface area contributed by atoms with E-state index in [1.54, 1.807) is 0 Å². The first-order valence-electron chi connectivity index (χ1n) is 9.22. The molecule has 0 amide bonds. The smallest absolute Gasteiger partial charge is 0.222 e. The summed E-state index contributed by atoms with van der Waals surface area (Å²) in [6, 6.07) is 7.54. The number of Topliss-reactive ketones (excluding diaryl/α,β-unsaturated/α-hetero) is 1. The zero-order valence-electron chi connectivity index (χ0n) is 16.2. The van der Waals surface area contributed by atoms with Crippen LogP contribution in [0.5, 0.6) is 0 Å². The third-order valence-corrected chi connectivity index (χ3v) is 4.95. The lowest BCUT2D eigenvalue weighted by atomic mass is 10.0. The van der Waals surface area contributed by atoms with Crippen molar-refractivity contribution < 1.29 is 14.3 Å². The van der Waals surface area contributed by atoms with Gasteiger partial charge in [0.2, 0.25) is 5.95 Å². The fraction of sp³-hybridized carbons (Fsp3) is 0.450. The molecule has 0 spiro atoms. The van der Waals surface area contributed by atoms with Gasteiger partial charge in [0.15, 0.2) is 5.78 Å². The maximum atomic E-state index is 11.8. The number of carbonyl (C=O) groups is 1. The minimum absolute atomic E-state index is 0.0117. The lowest BCUT2D eigenvalue weighted by Crippen LogP contribution is -2.32. The molecule has 1 aliphatic rings. The van der Waals surface area contributed by atoms with E-state index in [4.69, 9.17) is 26.8 Å². The Morgan fingerprint density at radius 1 is 1.39 bits per heavy atom. The normalized spacial score (nSPS) is 17.4. The van der Waals surface area contributed by atoms with Gasteiger partial charge < -0.3 is 20.1 Å². The molecule has 1 aromatic carbocycles. The molecular formula is C20H25ClN4O3. The number of ether oxygens (including phenoxy) is 2. The molecule has 28 heavy (non-hydrogen) atoms. The summed E-state index contributed by atoms with van der Waals surface area (Å²) < 4.78 is 10.7. The first-order chi connectivity index (χ1) is 13.5. The number of nitrogen functional groups attached to an aromatic ring is 1. The third kappa shape index (κ3) is 4.98. The van der Waals surface area contributed by atoms with Gasteiger partial charge in [-0.1, -0.05) is 23.7 Å². The molecule has 0 saturated carbocycles. The topological polar surface area (TPSA) is 90.6 Å². The van der Waals surface area contributed by atoms with Crippen LogP contribution in [-0.2, 0) is 20.7 Å². The van der Waals surface area contributed by atoms with Crippen LogP contribution < -0.4 is 10.6 Å². The minimum atomic E-state index is -0.104. The first kappa shape index (κ1) is 20.5. The monoisotopic (exact) mass is 404 g/mol. The number of aryl methyl sites for hydroxylation is 1. The Bertz CT molecular complexity index is 826. The Hall–Kier alpha value is -2.22. The standard InChI is InChI=1S/C20H25ClN4O3/c1-13-8-19(24-20(22)23-13)25-6-3-7-28-12-18(25)16-5-4-14(10-17(16)21)9-15(26)11-27-2/h4-5,8,10,18H,3,6-7,9,11-12H2,1-2H3,(H2,22,23,24). The largest absolute Gasteiger partial charge is 0.379 e. The summed E-state index contributed by atoms with van der Waals surface area (Å²) in [5.74, 6) is 1.02. The van der Waals surface area contributed by atoms with Crippen LogP contribution in [-0.4, -0.2) is 49.2 Å². The Labute approximate surface area is 169 Å². The highest BCUT2D eigenvalue weighted by molar-refractivity contribution is 6.31. The lowest BCUT2D eigenvalue weighted by Gasteiger charge is -2.31. The molecule has 2 N–H and O–H groups in total. The summed E-state index contributed by atoms with van der Waals surface area (Å²) in [5, 5.41) is 0.599. The summed E-state index contributed by atoms with van der Waals surface area (Å²) >= 11 is 6.61. The second-order valence-corrected chi connectivity index (χ2v) is 7.27. The molecule has 7 nitrogen and oxygen atoms in total. The number of carbonyl (C=O) groups excluding carboxylic acids is 1. The number of nitrogens with zero attached hydrogens (tertiary/aromatic N) is 3. The third-order valence-electron chi connectivity index (χ3n) is 4.62. The van der Waals surface area contributed by atoms with Crippen LogP contribution in [0.2, 0.25) is 5.02 Å². The van der Waals surface area contributed by atoms with Gasteiger partial charge in [-0.05, 0) is 30.5 Å². The quantitative estimate of drug-likeness (QED) is 0.791. The predicted octanol–water partition coefficient (Wildman–Crippen LogP) is 2.75. The first-order valence-corrected chi connectivity index (χ1v) is 9.60. The zero-order valence-corrected chi connectivity index (χ0v) is 16.9. The van der Waals surface area contributed by atoms with Crippen molar-refractivity contribution in [1.29, 1.82) is 0 Å². The minimum Gasteiger partial charge on any atom is -0.379 e. The van der Waals surface area contributed by atoms with Crippen molar-refractivity contribution in [2.45, 2.75) is 25.8 Å². The molecule has 8 heteroatoms. The number of halogens is 1. The molecule has 0 bridgehead atoms. The Morgan fingerprint density at radius 3 is 2.93 bits per heavy atom. The molecule has 2 aromatic rings. The second-order valence-electron chi connectivity index (χ2n) is 6.87. The summed E-state index contributed by atoms with van der Waals surface area (Å²) in [7, 11) is 1.51. The Balaban J connectivity index is 1.90. The van der Waals surface area contributed by atoms with E-state index in [1.165, 1.54) is 7.11 Å². The van der Waals surface area contributed by atoms with E-state index in [2.05, 4.69) is 14.9 Å². The number of aromatic nitrogens is 2. The van der Waals surface area contributed by atoms with E-state index in [9.17, 15) is 4.79 Å². The fourth-order valence-corrected chi connectivity index (χ4v) is 3.75. The van der Waals surface area contributed by atoms with Gasteiger partial charge in [0.05, 0.1) is 12.6 Å². The van der Waals surface area contributed by atoms with Crippen molar-refractivity contribution in [2.24, 2.45) is 0 Å². The highest BCUT2D eigenvalue weighted by Gasteiger charge is 2.27. The van der Waals surface area contributed by atoms with Crippen molar-refractivity contribution in [3.63, 3.8) is 0 Å². The van der Waals surface area contributed by atoms with E-state index >= 15 is 0 Å². The van der Waals surface area contributed by atoms with Gasteiger partial charge in [-0.3, -0.25) is 4.79 Å². The molecule has 1 aliphatic heterocycles. The van der Waals surface area contributed by atoms with Gasteiger partial charge in [-0.2, -0.15) is 4.98 Å². The van der Waals surface area contributed by atoms with Crippen LogP contribution >= 0.6 is 11.6 Å². The van der Waals surface area contributed by atoms with E-state index in [1.807, 2.05) is 31.2 Å². The molecule has 1 fully saturated rings. The van der Waals surface area contributed by atoms with Gasteiger partial charge in [-0.15, -0.1) is 0 Å². The SMILES string of the molecule is COCC(=O)Cc1ccc(C2COCCCN2c2cc(C)nc(N)n2)c(Cl)c1. The van der Waals surface area contributed by atoms with E-state index in [-0.39, 0.29) is 24.4 Å². The summed E-state index contributed by atoms with van der Waals surface area (Å²) in [6.07, 6.45) is 1.17. The average molecular weight is 405 g/mol.